The smallest absolute Gasteiger partial charge is 0.138 e. The molecular formula is C20H36O. The fraction of sp³-hybridized carbons (Fsp3) is 0.950. The lowest BCUT2D eigenvalue weighted by Gasteiger charge is -2.45. The normalized spacial score (nSPS) is 27.5. The van der Waals surface area contributed by atoms with E-state index in [0.29, 0.717) is 11.2 Å². The van der Waals surface area contributed by atoms with Gasteiger partial charge in [0.1, 0.15) is 5.78 Å². The Morgan fingerprint density at radius 1 is 1.10 bits per heavy atom. The molecule has 0 saturated heterocycles. The Kier molecular flexibility index (Phi) is 5.54. The van der Waals surface area contributed by atoms with Crippen LogP contribution in [0.15, 0.2) is 0 Å². The van der Waals surface area contributed by atoms with Crippen LogP contribution in [0.3, 0.4) is 0 Å². The second kappa shape index (κ2) is 6.84. The molecule has 2 rings (SSSR count). The van der Waals surface area contributed by atoms with Crippen molar-refractivity contribution < 1.29 is 4.79 Å². The summed E-state index contributed by atoms with van der Waals surface area (Å²) >= 11 is 0. The van der Waals surface area contributed by atoms with Crippen molar-refractivity contribution in [3.63, 3.8) is 0 Å². The predicted octanol–water partition coefficient (Wildman–Crippen LogP) is 6.16. The van der Waals surface area contributed by atoms with E-state index in [1.165, 1.54) is 57.8 Å². The van der Waals surface area contributed by atoms with E-state index in [9.17, 15) is 4.79 Å². The second-order valence-electron chi connectivity index (χ2n) is 9.11. The van der Waals surface area contributed by atoms with Gasteiger partial charge >= 0.3 is 0 Å². The number of hydrogen-bond donors (Lipinski definition) is 0. The molecule has 0 heterocycles. The molecule has 1 nitrogen and oxygen atoms in total. The Morgan fingerprint density at radius 3 is 2.33 bits per heavy atom. The Bertz CT molecular complexity index is 338. The van der Waals surface area contributed by atoms with Crippen molar-refractivity contribution in [2.24, 2.45) is 22.7 Å². The Hall–Kier alpha value is -0.330. The van der Waals surface area contributed by atoms with Crippen molar-refractivity contribution in [1.82, 2.24) is 0 Å². The molecule has 21 heavy (non-hydrogen) atoms. The summed E-state index contributed by atoms with van der Waals surface area (Å²) in [6.07, 6.45) is 15.0. The number of hydrogen-bond acceptors (Lipinski definition) is 1. The molecule has 2 unspecified atom stereocenters. The van der Waals surface area contributed by atoms with Gasteiger partial charge in [-0.25, -0.2) is 0 Å². The van der Waals surface area contributed by atoms with E-state index >= 15 is 0 Å². The van der Waals surface area contributed by atoms with Crippen LogP contribution in [0.2, 0.25) is 0 Å². The molecule has 0 aromatic rings. The molecule has 0 aromatic heterocycles. The zero-order valence-corrected chi connectivity index (χ0v) is 14.8. The third-order valence-electron chi connectivity index (χ3n) is 6.36. The van der Waals surface area contributed by atoms with Crippen molar-refractivity contribution >= 4 is 5.78 Å². The molecule has 0 aromatic carbocycles. The first-order chi connectivity index (χ1) is 9.82. The van der Waals surface area contributed by atoms with E-state index in [0.717, 1.165) is 24.7 Å². The van der Waals surface area contributed by atoms with Crippen LogP contribution in [0, 0.1) is 22.7 Å². The van der Waals surface area contributed by atoms with Crippen LogP contribution in [0.1, 0.15) is 98.3 Å². The van der Waals surface area contributed by atoms with E-state index < -0.39 is 0 Å². The Morgan fingerprint density at radius 2 is 1.71 bits per heavy atom. The van der Waals surface area contributed by atoms with Gasteiger partial charge in [0, 0.05) is 11.8 Å². The molecule has 2 saturated carbocycles. The van der Waals surface area contributed by atoms with Crippen LogP contribution in [-0.4, -0.2) is 5.78 Å². The number of Topliss-reactive ketones (excluding diaryl/α,β-unsaturated/α-hetero) is 1. The SMILES string of the molecule is CC(CCC(=O)C(C)(C)C)C1CCCC2(CCCCC2)C1. The Balaban J connectivity index is 1.84. The van der Waals surface area contributed by atoms with Crippen molar-refractivity contribution in [3.05, 3.63) is 0 Å². The van der Waals surface area contributed by atoms with E-state index in [1.807, 2.05) is 0 Å². The topological polar surface area (TPSA) is 17.1 Å². The highest BCUT2D eigenvalue weighted by molar-refractivity contribution is 5.83. The molecule has 1 spiro atoms. The first-order valence-corrected chi connectivity index (χ1v) is 9.36. The monoisotopic (exact) mass is 292 g/mol. The first-order valence-electron chi connectivity index (χ1n) is 9.36. The average molecular weight is 293 g/mol. The highest BCUT2D eigenvalue weighted by Gasteiger charge is 2.38. The van der Waals surface area contributed by atoms with E-state index in [2.05, 4.69) is 27.7 Å². The van der Waals surface area contributed by atoms with Gasteiger partial charge in [0.15, 0.2) is 0 Å². The average Bonchev–Trinajstić information content (AvgIpc) is 2.44. The third kappa shape index (κ3) is 4.57. The van der Waals surface area contributed by atoms with E-state index in [1.54, 1.807) is 0 Å². The van der Waals surface area contributed by atoms with Gasteiger partial charge in [0.2, 0.25) is 0 Å². The fourth-order valence-electron chi connectivity index (χ4n) is 4.71. The van der Waals surface area contributed by atoms with Crippen LogP contribution in [0.25, 0.3) is 0 Å². The van der Waals surface area contributed by atoms with Gasteiger partial charge < -0.3 is 0 Å². The summed E-state index contributed by atoms with van der Waals surface area (Å²) in [6, 6.07) is 0. The quantitative estimate of drug-likeness (QED) is 0.606. The van der Waals surface area contributed by atoms with Gasteiger partial charge in [0.25, 0.3) is 0 Å². The highest BCUT2D eigenvalue weighted by atomic mass is 16.1. The van der Waals surface area contributed by atoms with Gasteiger partial charge in [-0.2, -0.15) is 0 Å². The molecule has 0 amide bonds. The van der Waals surface area contributed by atoms with Gasteiger partial charge in [-0.1, -0.05) is 59.8 Å². The van der Waals surface area contributed by atoms with Gasteiger partial charge in [-0.15, -0.1) is 0 Å². The molecule has 122 valence electrons. The summed E-state index contributed by atoms with van der Waals surface area (Å²) in [6.45, 7) is 8.56. The largest absolute Gasteiger partial charge is 0.299 e. The number of carbonyl (C=O) groups excluding carboxylic acids is 1. The van der Waals surface area contributed by atoms with Crippen LogP contribution < -0.4 is 0 Å². The van der Waals surface area contributed by atoms with Crippen molar-refractivity contribution in [3.8, 4) is 0 Å². The first kappa shape index (κ1) is 17.0. The second-order valence-corrected chi connectivity index (χ2v) is 9.11. The number of rotatable bonds is 4. The minimum Gasteiger partial charge on any atom is -0.299 e. The van der Waals surface area contributed by atoms with Crippen LogP contribution in [0.5, 0.6) is 0 Å². The van der Waals surface area contributed by atoms with Crippen LogP contribution >= 0.6 is 0 Å². The lowest BCUT2D eigenvalue weighted by Crippen LogP contribution is -2.33. The van der Waals surface area contributed by atoms with Crippen LogP contribution in [0.4, 0.5) is 0 Å². The zero-order chi connectivity index (χ0) is 15.5. The maximum absolute atomic E-state index is 12.1. The van der Waals surface area contributed by atoms with Crippen molar-refractivity contribution in [2.45, 2.75) is 98.3 Å². The minimum absolute atomic E-state index is 0.156. The molecule has 0 bridgehead atoms. The molecule has 2 atom stereocenters. The summed E-state index contributed by atoms with van der Waals surface area (Å²) in [5, 5.41) is 0. The molecule has 1 heteroatoms. The summed E-state index contributed by atoms with van der Waals surface area (Å²) < 4.78 is 0. The lowest BCUT2D eigenvalue weighted by atomic mass is 9.60. The van der Waals surface area contributed by atoms with E-state index in [-0.39, 0.29) is 5.41 Å². The molecule has 0 radical (unpaired) electrons. The molecule has 2 fully saturated rings. The zero-order valence-electron chi connectivity index (χ0n) is 14.8. The van der Waals surface area contributed by atoms with Gasteiger partial charge in [0.05, 0.1) is 0 Å². The summed E-state index contributed by atoms with van der Waals surface area (Å²) in [5.74, 6) is 2.05. The minimum atomic E-state index is -0.156. The summed E-state index contributed by atoms with van der Waals surface area (Å²) in [5.41, 5.74) is 0.542. The molecule has 2 aliphatic rings. The number of carbonyl (C=O) groups is 1. The summed E-state index contributed by atoms with van der Waals surface area (Å²) in [4.78, 5) is 12.1. The number of ketones is 1. The Labute approximate surface area is 132 Å². The maximum atomic E-state index is 12.1. The standard InChI is InChI=1S/C20H36O/c1-16(10-11-18(21)19(2,3)4)17-9-8-14-20(15-17)12-6-5-7-13-20/h16-17H,5-15H2,1-4H3. The van der Waals surface area contributed by atoms with Crippen molar-refractivity contribution in [1.29, 1.82) is 0 Å². The molecule has 2 aliphatic carbocycles. The fourth-order valence-corrected chi connectivity index (χ4v) is 4.71. The highest BCUT2D eigenvalue weighted by Crippen LogP contribution is 2.51. The summed E-state index contributed by atoms with van der Waals surface area (Å²) in [7, 11) is 0. The van der Waals surface area contributed by atoms with Crippen molar-refractivity contribution in [2.75, 3.05) is 0 Å². The van der Waals surface area contributed by atoms with Crippen LogP contribution in [-0.2, 0) is 4.79 Å². The van der Waals surface area contributed by atoms with E-state index in [4.69, 9.17) is 0 Å². The molecule has 0 N–H and O–H groups in total. The predicted molar refractivity (Wildman–Crippen MR) is 90.3 cm³/mol. The molecule has 0 aliphatic heterocycles. The third-order valence-corrected chi connectivity index (χ3v) is 6.36. The van der Waals surface area contributed by atoms with Gasteiger partial charge in [-0.05, 0) is 49.4 Å². The maximum Gasteiger partial charge on any atom is 0.138 e. The molecular weight excluding hydrogens is 256 g/mol. The van der Waals surface area contributed by atoms with Gasteiger partial charge in [-0.3, -0.25) is 4.79 Å². The lowest BCUT2D eigenvalue weighted by molar-refractivity contribution is -0.126.